The van der Waals surface area contributed by atoms with E-state index in [1.807, 2.05) is 5.32 Å². The van der Waals surface area contributed by atoms with E-state index >= 15 is 0 Å². The Kier molecular flexibility index (Phi) is 5.39. The lowest BCUT2D eigenvalue weighted by Crippen LogP contribution is -2.33. The van der Waals surface area contributed by atoms with Crippen molar-refractivity contribution in [2.45, 2.75) is 13.5 Å². The van der Waals surface area contributed by atoms with Crippen LogP contribution in [-0.2, 0) is 20.8 Å². The van der Waals surface area contributed by atoms with Crippen LogP contribution in [-0.4, -0.2) is 46.7 Å². The van der Waals surface area contributed by atoms with Crippen LogP contribution in [0.3, 0.4) is 0 Å². The molecule has 1 heterocycles. The van der Waals surface area contributed by atoms with E-state index in [1.54, 1.807) is 6.92 Å². The number of amides is 2. The van der Waals surface area contributed by atoms with E-state index in [0.29, 0.717) is 5.69 Å². The monoisotopic (exact) mass is 282 g/mol. The molecule has 1 aromatic heterocycles. The third-order valence-corrected chi connectivity index (χ3v) is 2.23. The van der Waals surface area contributed by atoms with Gasteiger partial charge in [0.15, 0.2) is 5.69 Å². The fourth-order valence-electron chi connectivity index (χ4n) is 1.24. The van der Waals surface area contributed by atoms with Crippen LogP contribution in [0.15, 0.2) is 12.7 Å². The molecule has 0 aromatic carbocycles. The number of rotatable bonds is 5. The quantitative estimate of drug-likeness (QED) is 0.588. The highest BCUT2D eigenvalue weighted by Gasteiger charge is 2.19. The number of carbonyl (C=O) groups excluding carboxylic acids is 3. The van der Waals surface area contributed by atoms with Crippen molar-refractivity contribution in [1.82, 2.24) is 20.3 Å². The minimum atomic E-state index is -0.876. The van der Waals surface area contributed by atoms with E-state index in [0.717, 1.165) is 7.11 Å². The average Bonchev–Trinajstić information content (AvgIpc) is 2.77. The molecule has 2 amide bonds. The maximum Gasteiger partial charge on any atom is 0.413 e. The van der Waals surface area contributed by atoms with Crippen molar-refractivity contribution in [3.8, 4) is 0 Å². The number of hydrogen-bond donors (Lipinski definition) is 1. The zero-order valence-electron chi connectivity index (χ0n) is 11.1. The Morgan fingerprint density at radius 3 is 2.75 bits per heavy atom. The third-order valence-electron chi connectivity index (χ3n) is 2.23. The van der Waals surface area contributed by atoms with Crippen molar-refractivity contribution in [3.63, 3.8) is 0 Å². The van der Waals surface area contributed by atoms with Gasteiger partial charge in [0.05, 0.1) is 12.8 Å². The molecule has 1 N–H and O–H groups in total. The second-order valence-corrected chi connectivity index (χ2v) is 3.61. The van der Waals surface area contributed by atoms with Crippen molar-refractivity contribution in [1.29, 1.82) is 0 Å². The van der Waals surface area contributed by atoms with Gasteiger partial charge >= 0.3 is 12.1 Å². The number of aromatic nitrogens is 3. The van der Waals surface area contributed by atoms with Crippen LogP contribution in [0.5, 0.6) is 0 Å². The SMILES string of the molecule is C=CCOC(=O)c1nnn(CC(=O)NC(=O)OC)c1C. The summed E-state index contributed by atoms with van der Waals surface area (Å²) in [4.78, 5) is 33.9. The second-order valence-electron chi connectivity index (χ2n) is 3.61. The largest absolute Gasteiger partial charge is 0.457 e. The molecule has 9 heteroatoms. The molecular formula is C11H14N4O5. The molecule has 0 spiro atoms. The van der Waals surface area contributed by atoms with Gasteiger partial charge in [-0.25, -0.2) is 14.3 Å². The first-order valence-electron chi connectivity index (χ1n) is 5.55. The molecule has 0 saturated heterocycles. The number of ether oxygens (including phenoxy) is 2. The average molecular weight is 282 g/mol. The Morgan fingerprint density at radius 2 is 2.15 bits per heavy atom. The van der Waals surface area contributed by atoms with Crippen LogP contribution in [0.1, 0.15) is 16.2 Å². The molecule has 20 heavy (non-hydrogen) atoms. The van der Waals surface area contributed by atoms with Gasteiger partial charge in [-0.1, -0.05) is 17.9 Å². The number of methoxy groups -OCH3 is 1. The highest BCUT2D eigenvalue weighted by molar-refractivity contribution is 5.92. The number of nitrogens with zero attached hydrogens (tertiary/aromatic N) is 3. The number of nitrogens with one attached hydrogen (secondary N) is 1. The molecule has 0 fully saturated rings. The normalized spacial score (nSPS) is 9.70. The van der Waals surface area contributed by atoms with Gasteiger partial charge in [0.1, 0.15) is 13.2 Å². The lowest BCUT2D eigenvalue weighted by Gasteiger charge is -2.04. The number of esters is 1. The predicted octanol–water partition coefficient (Wildman–Crippen LogP) is -0.188. The van der Waals surface area contributed by atoms with Gasteiger partial charge in [-0.15, -0.1) is 5.10 Å². The molecule has 108 valence electrons. The third kappa shape index (κ3) is 3.90. The molecule has 0 aliphatic carbocycles. The van der Waals surface area contributed by atoms with E-state index in [1.165, 1.54) is 10.8 Å². The molecule has 1 rings (SSSR count). The minimum Gasteiger partial charge on any atom is -0.457 e. The number of carbonyl (C=O) groups is 3. The zero-order valence-corrected chi connectivity index (χ0v) is 11.1. The summed E-state index contributed by atoms with van der Waals surface area (Å²) in [5, 5.41) is 9.23. The Hall–Kier alpha value is -2.71. The first-order valence-corrected chi connectivity index (χ1v) is 5.55. The van der Waals surface area contributed by atoms with Gasteiger partial charge in [0.2, 0.25) is 0 Å². The van der Waals surface area contributed by atoms with Gasteiger partial charge in [0, 0.05) is 0 Å². The topological polar surface area (TPSA) is 112 Å². The van der Waals surface area contributed by atoms with E-state index in [-0.39, 0.29) is 18.8 Å². The standard InChI is InChI=1S/C11H14N4O5/c1-4-5-20-10(17)9-7(2)15(14-13-9)6-8(16)12-11(18)19-3/h4H,1,5-6H2,2-3H3,(H,12,16,18). The molecule has 9 nitrogen and oxygen atoms in total. The summed E-state index contributed by atoms with van der Waals surface area (Å²) in [6.07, 6.45) is 0.542. The van der Waals surface area contributed by atoms with Gasteiger partial charge < -0.3 is 9.47 Å². The maximum absolute atomic E-state index is 11.6. The molecule has 1 aromatic rings. The van der Waals surface area contributed by atoms with Crippen molar-refractivity contribution >= 4 is 18.0 Å². The highest BCUT2D eigenvalue weighted by atomic mass is 16.5. The van der Waals surface area contributed by atoms with E-state index in [2.05, 4.69) is 21.6 Å². The lowest BCUT2D eigenvalue weighted by molar-refractivity contribution is -0.121. The van der Waals surface area contributed by atoms with Gasteiger partial charge in [-0.3, -0.25) is 10.1 Å². The number of alkyl carbamates (subject to hydrolysis) is 1. The Balaban J connectivity index is 2.71. The molecule has 0 bridgehead atoms. The fraction of sp³-hybridized carbons (Fsp3) is 0.364. The molecular weight excluding hydrogens is 268 g/mol. The summed E-state index contributed by atoms with van der Waals surface area (Å²) in [6.45, 7) is 4.74. The van der Waals surface area contributed by atoms with Crippen LogP contribution in [0.2, 0.25) is 0 Å². The van der Waals surface area contributed by atoms with Crippen LogP contribution in [0.25, 0.3) is 0 Å². The van der Waals surface area contributed by atoms with Crippen LogP contribution >= 0.6 is 0 Å². The van der Waals surface area contributed by atoms with Gasteiger partial charge in [0.25, 0.3) is 5.91 Å². The molecule has 0 atom stereocenters. The first kappa shape index (κ1) is 15.3. The number of hydrogen-bond acceptors (Lipinski definition) is 7. The predicted molar refractivity (Wildman–Crippen MR) is 65.8 cm³/mol. The number of imide groups is 1. The first-order chi connectivity index (χ1) is 9.49. The molecule has 0 aliphatic rings. The summed E-state index contributed by atoms with van der Waals surface area (Å²) in [5.74, 6) is -1.31. The van der Waals surface area contributed by atoms with Crippen LogP contribution in [0, 0.1) is 6.92 Å². The molecule has 0 saturated carbocycles. The Morgan fingerprint density at radius 1 is 1.45 bits per heavy atom. The fourth-order valence-corrected chi connectivity index (χ4v) is 1.24. The second kappa shape index (κ2) is 7.02. The highest BCUT2D eigenvalue weighted by Crippen LogP contribution is 2.05. The van der Waals surface area contributed by atoms with Crippen molar-refractivity contribution in [2.24, 2.45) is 0 Å². The van der Waals surface area contributed by atoms with Crippen LogP contribution in [0.4, 0.5) is 4.79 Å². The molecule has 0 unspecified atom stereocenters. The summed E-state index contributed by atoms with van der Waals surface area (Å²) >= 11 is 0. The van der Waals surface area contributed by atoms with Gasteiger partial charge in [-0.05, 0) is 6.92 Å². The van der Waals surface area contributed by atoms with Crippen LogP contribution < -0.4 is 5.32 Å². The van der Waals surface area contributed by atoms with Crippen molar-refractivity contribution < 1.29 is 23.9 Å². The van der Waals surface area contributed by atoms with E-state index in [4.69, 9.17) is 4.74 Å². The summed E-state index contributed by atoms with van der Waals surface area (Å²) < 4.78 is 10.3. The summed E-state index contributed by atoms with van der Waals surface area (Å²) in [5.41, 5.74) is 0.344. The Labute approximate surface area is 114 Å². The summed E-state index contributed by atoms with van der Waals surface area (Å²) in [6, 6.07) is 0. The maximum atomic E-state index is 11.6. The molecule has 0 aliphatic heterocycles. The van der Waals surface area contributed by atoms with Crippen molar-refractivity contribution in [3.05, 3.63) is 24.0 Å². The van der Waals surface area contributed by atoms with E-state index < -0.39 is 18.0 Å². The summed E-state index contributed by atoms with van der Waals surface area (Å²) in [7, 11) is 1.14. The van der Waals surface area contributed by atoms with Crippen molar-refractivity contribution in [2.75, 3.05) is 13.7 Å². The smallest absolute Gasteiger partial charge is 0.413 e. The minimum absolute atomic E-state index is 0.00211. The Bertz CT molecular complexity index is 537. The lowest BCUT2D eigenvalue weighted by atomic mass is 10.3. The molecule has 0 radical (unpaired) electrons. The van der Waals surface area contributed by atoms with Gasteiger partial charge in [-0.2, -0.15) is 0 Å². The van der Waals surface area contributed by atoms with E-state index in [9.17, 15) is 14.4 Å². The zero-order chi connectivity index (χ0) is 15.1.